The van der Waals surface area contributed by atoms with Crippen LogP contribution in [0.2, 0.25) is 0 Å². The highest BCUT2D eigenvalue weighted by molar-refractivity contribution is 5.98. The number of nitrogens with one attached hydrogen (secondary N) is 1. The lowest BCUT2D eigenvalue weighted by Crippen LogP contribution is -2.41. The highest BCUT2D eigenvalue weighted by atomic mass is 16.5. The van der Waals surface area contributed by atoms with Crippen LogP contribution in [0.25, 0.3) is 0 Å². The summed E-state index contributed by atoms with van der Waals surface area (Å²) < 4.78 is 15.8. The monoisotopic (exact) mass is 357 g/mol. The summed E-state index contributed by atoms with van der Waals surface area (Å²) in [5, 5.41) is 2.78. The van der Waals surface area contributed by atoms with E-state index in [4.69, 9.17) is 14.2 Å². The second-order valence-corrected chi connectivity index (χ2v) is 5.74. The van der Waals surface area contributed by atoms with E-state index in [2.05, 4.69) is 5.32 Å². The molecule has 0 aromatic heterocycles. The smallest absolute Gasteiger partial charge is 0.252 e. The fraction of sp³-hybridized carbons (Fsp3) is 0.300. The van der Waals surface area contributed by atoms with Gasteiger partial charge in [-0.25, -0.2) is 0 Å². The highest BCUT2D eigenvalue weighted by Gasteiger charge is 2.21. The van der Waals surface area contributed by atoms with Crippen molar-refractivity contribution < 1.29 is 23.8 Å². The Bertz CT molecular complexity index is 748. The van der Waals surface area contributed by atoms with Crippen molar-refractivity contribution in [2.24, 2.45) is 0 Å². The van der Waals surface area contributed by atoms with Crippen LogP contribution in [0.4, 0.5) is 0 Å². The maximum Gasteiger partial charge on any atom is 0.252 e. The largest absolute Gasteiger partial charge is 0.493 e. The van der Waals surface area contributed by atoms with Crippen LogP contribution in [0.5, 0.6) is 17.2 Å². The predicted octanol–water partition coefficient (Wildman–Crippen LogP) is 2.64. The normalized spacial score (nSPS) is 11.4. The van der Waals surface area contributed by atoms with E-state index in [-0.39, 0.29) is 11.7 Å². The molecule has 0 unspecified atom stereocenters. The molecule has 6 heteroatoms. The van der Waals surface area contributed by atoms with Crippen molar-refractivity contribution in [3.63, 3.8) is 0 Å². The molecule has 2 aromatic carbocycles. The minimum atomic E-state index is -0.621. The van der Waals surface area contributed by atoms with Crippen LogP contribution >= 0.6 is 0 Å². The first-order valence-electron chi connectivity index (χ1n) is 8.15. The Balaban J connectivity index is 2.25. The van der Waals surface area contributed by atoms with Crippen LogP contribution < -0.4 is 19.5 Å². The fourth-order valence-corrected chi connectivity index (χ4v) is 2.60. The van der Waals surface area contributed by atoms with Gasteiger partial charge >= 0.3 is 0 Å². The summed E-state index contributed by atoms with van der Waals surface area (Å²) in [6.07, 6.45) is 0.423. The first-order chi connectivity index (χ1) is 12.5. The van der Waals surface area contributed by atoms with Crippen molar-refractivity contribution in [1.29, 1.82) is 0 Å². The van der Waals surface area contributed by atoms with Crippen molar-refractivity contribution >= 4 is 11.7 Å². The number of amides is 1. The Kier molecular flexibility index (Phi) is 6.60. The Morgan fingerprint density at radius 1 is 0.962 bits per heavy atom. The van der Waals surface area contributed by atoms with Gasteiger partial charge in [0.15, 0.2) is 17.3 Å². The number of carbonyl (C=O) groups is 2. The lowest BCUT2D eigenvalue weighted by molar-refractivity contribution is -0.118. The van der Waals surface area contributed by atoms with Crippen LogP contribution in [0.15, 0.2) is 42.5 Å². The topological polar surface area (TPSA) is 73.9 Å². The van der Waals surface area contributed by atoms with Crippen molar-refractivity contribution in [1.82, 2.24) is 5.32 Å². The maximum atomic E-state index is 12.7. The Morgan fingerprint density at radius 2 is 1.54 bits per heavy atom. The summed E-state index contributed by atoms with van der Waals surface area (Å²) in [4.78, 5) is 24.6. The highest BCUT2D eigenvalue weighted by Crippen LogP contribution is 2.38. The standard InChI is InChI=1S/C20H23NO5/c1-13(22)16(10-14-8-6-5-7-9-14)21-20(23)15-11-17(24-2)19(26-4)18(12-15)25-3/h5-9,11-12,16H,10H2,1-4H3,(H,21,23)/t16-/m0/s1. The van der Waals surface area contributed by atoms with E-state index in [1.807, 2.05) is 30.3 Å². The summed E-state index contributed by atoms with van der Waals surface area (Å²) in [6, 6.07) is 12.0. The zero-order valence-corrected chi connectivity index (χ0v) is 15.4. The summed E-state index contributed by atoms with van der Waals surface area (Å²) in [7, 11) is 4.45. The Morgan fingerprint density at radius 3 is 2.00 bits per heavy atom. The number of methoxy groups -OCH3 is 3. The lowest BCUT2D eigenvalue weighted by Gasteiger charge is -2.18. The summed E-state index contributed by atoms with van der Waals surface area (Å²) in [5.74, 6) is 0.646. The zero-order valence-electron chi connectivity index (χ0n) is 15.4. The minimum Gasteiger partial charge on any atom is -0.493 e. The molecular weight excluding hydrogens is 334 g/mol. The van der Waals surface area contributed by atoms with Gasteiger partial charge in [-0.2, -0.15) is 0 Å². The first kappa shape index (κ1) is 19.3. The van der Waals surface area contributed by atoms with Crippen molar-refractivity contribution in [2.45, 2.75) is 19.4 Å². The fourth-order valence-electron chi connectivity index (χ4n) is 2.60. The molecule has 0 saturated carbocycles. The Labute approximate surface area is 153 Å². The van der Waals surface area contributed by atoms with Gasteiger partial charge in [-0.1, -0.05) is 30.3 Å². The third-order valence-electron chi connectivity index (χ3n) is 4.01. The van der Waals surface area contributed by atoms with Gasteiger partial charge in [0.2, 0.25) is 5.75 Å². The van der Waals surface area contributed by atoms with E-state index in [1.165, 1.54) is 28.3 Å². The van der Waals surface area contributed by atoms with Crippen LogP contribution in [0.1, 0.15) is 22.8 Å². The average molecular weight is 357 g/mol. The maximum absolute atomic E-state index is 12.7. The molecule has 0 heterocycles. The average Bonchev–Trinajstić information content (AvgIpc) is 2.66. The molecule has 2 aromatic rings. The van der Waals surface area contributed by atoms with E-state index in [0.29, 0.717) is 29.2 Å². The van der Waals surface area contributed by atoms with Gasteiger partial charge in [-0.15, -0.1) is 0 Å². The summed E-state index contributed by atoms with van der Waals surface area (Å²) in [6.45, 7) is 1.46. The molecule has 1 amide bonds. The van der Waals surface area contributed by atoms with Crippen LogP contribution in [-0.2, 0) is 11.2 Å². The molecule has 0 saturated heterocycles. The number of benzene rings is 2. The molecular formula is C20H23NO5. The third-order valence-corrected chi connectivity index (χ3v) is 4.01. The number of ether oxygens (including phenoxy) is 3. The number of rotatable bonds is 8. The molecule has 2 rings (SSSR count). The molecule has 0 radical (unpaired) electrons. The van der Waals surface area contributed by atoms with Gasteiger partial charge in [0.1, 0.15) is 0 Å². The lowest BCUT2D eigenvalue weighted by atomic mass is 10.0. The number of hydrogen-bond acceptors (Lipinski definition) is 5. The van der Waals surface area contributed by atoms with Crippen molar-refractivity contribution in [3.05, 3.63) is 53.6 Å². The van der Waals surface area contributed by atoms with Crippen LogP contribution in [-0.4, -0.2) is 39.1 Å². The quantitative estimate of drug-likeness (QED) is 0.786. The van der Waals surface area contributed by atoms with Gasteiger partial charge in [0.25, 0.3) is 5.91 Å². The van der Waals surface area contributed by atoms with E-state index in [0.717, 1.165) is 5.56 Å². The van der Waals surface area contributed by atoms with E-state index in [9.17, 15) is 9.59 Å². The third kappa shape index (κ3) is 4.53. The van der Waals surface area contributed by atoms with Crippen molar-refractivity contribution in [3.8, 4) is 17.2 Å². The molecule has 0 fully saturated rings. The number of ketones is 1. The molecule has 6 nitrogen and oxygen atoms in total. The minimum absolute atomic E-state index is 0.116. The number of Topliss-reactive ketones (excluding diaryl/α,β-unsaturated/α-hetero) is 1. The molecule has 26 heavy (non-hydrogen) atoms. The predicted molar refractivity (Wildman–Crippen MR) is 98.2 cm³/mol. The van der Waals surface area contributed by atoms with Gasteiger partial charge < -0.3 is 19.5 Å². The second kappa shape index (κ2) is 8.89. The first-order valence-corrected chi connectivity index (χ1v) is 8.15. The Hall–Kier alpha value is -3.02. The molecule has 138 valence electrons. The summed E-state index contributed by atoms with van der Waals surface area (Å²) >= 11 is 0. The molecule has 1 N–H and O–H groups in total. The van der Waals surface area contributed by atoms with Gasteiger partial charge in [0.05, 0.1) is 27.4 Å². The molecule has 0 spiro atoms. The van der Waals surface area contributed by atoms with E-state index in [1.54, 1.807) is 12.1 Å². The molecule has 0 aliphatic heterocycles. The van der Waals surface area contributed by atoms with Gasteiger partial charge in [0, 0.05) is 5.56 Å². The summed E-state index contributed by atoms with van der Waals surface area (Å²) in [5.41, 5.74) is 1.29. The molecule has 0 aliphatic rings. The van der Waals surface area contributed by atoms with Crippen LogP contribution in [0, 0.1) is 0 Å². The SMILES string of the molecule is COc1cc(C(=O)N[C@@H](Cc2ccccc2)C(C)=O)cc(OC)c1OC. The van der Waals surface area contributed by atoms with E-state index >= 15 is 0 Å². The van der Waals surface area contributed by atoms with E-state index < -0.39 is 6.04 Å². The molecule has 0 bridgehead atoms. The molecule has 1 atom stereocenters. The number of carbonyl (C=O) groups excluding carboxylic acids is 2. The second-order valence-electron chi connectivity index (χ2n) is 5.74. The zero-order chi connectivity index (χ0) is 19.1. The molecule has 0 aliphatic carbocycles. The van der Waals surface area contributed by atoms with Crippen molar-refractivity contribution in [2.75, 3.05) is 21.3 Å². The van der Waals surface area contributed by atoms with Gasteiger partial charge in [-0.05, 0) is 31.0 Å². The van der Waals surface area contributed by atoms with Crippen LogP contribution in [0.3, 0.4) is 0 Å². The number of hydrogen-bond donors (Lipinski definition) is 1. The van der Waals surface area contributed by atoms with Gasteiger partial charge in [-0.3, -0.25) is 9.59 Å².